The van der Waals surface area contributed by atoms with Crippen LogP contribution in [0.25, 0.3) is 28.1 Å². The largest absolute Gasteiger partial charge is 0.363 e. The molecule has 3 aromatic heterocycles. The number of aromatic nitrogens is 5. The summed E-state index contributed by atoms with van der Waals surface area (Å²) in [6.07, 6.45) is 3.16. The molecule has 1 unspecified atom stereocenters. The molecule has 8 heteroatoms. The number of fused-ring (bicyclic) bond motifs is 3. The van der Waals surface area contributed by atoms with E-state index in [1.807, 2.05) is 52.0 Å². The summed E-state index contributed by atoms with van der Waals surface area (Å²) in [7, 11) is 0. The maximum Gasteiger partial charge on any atom is 0.278 e. The maximum absolute atomic E-state index is 13.4. The van der Waals surface area contributed by atoms with Gasteiger partial charge in [0.2, 0.25) is 5.82 Å². The molecule has 4 heterocycles. The molecule has 0 saturated carbocycles. The van der Waals surface area contributed by atoms with Crippen molar-refractivity contribution >= 4 is 16.6 Å². The van der Waals surface area contributed by atoms with Gasteiger partial charge in [-0.3, -0.25) is 9.20 Å². The smallest absolute Gasteiger partial charge is 0.278 e. The molecule has 0 bridgehead atoms. The number of imidazole rings is 1. The number of nitrogens with zero attached hydrogens (tertiary/aromatic N) is 5. The Labute approximate surface area is 167 Å². The van der Waals surface area contributed by atoms with E-state index in [-0.39, 0.29) is 23.3 Å². The number of rotatable bonds is 3. The van der Waals surface area contributed by atoms with Gasteiger partial charge in [-0.25, -0.2) is 4.98 Å². The van der Waals surface area contributed by atoms with Gasteiger partial charge in [0.25, 0.3) is 11.4 Å². The van der Waals surface area contributed by atoms with Crippen LogP contribution in [0.2, 0.25) is 0 Å². The van der Waals surface area contributed by atoms with Crippen LogP contribution in [0.1, 0.15) is 58.6 Å². The molecule has 1 aliphatic heterocycles. The maximum atomic E-state index is 13.4. The number of ether oxygens (including phenoxy) is 1. The lowest BCUT2D eigenvalue weighted by atomic mass is 10.1. The van der Waals surface area contributed by atoms with Crippen molar-refractivity contribution in [2.24, 2.45) is 0 Å². The molecular weight excluding hydrogens is 370 g/mol. The first-order chi connectivity index (χ1) is 13.9. The Morgan fingerprint density at radius 2 is 1.97 bits per heavy atom. The molecule has 8 nitrogen and oxygen atoms in total. The topological polar surface area (TPSA) is 87.5 Å². The molecule has 1 fully saturated rings. The minimum atomic E-state index is -0.228. The van der Waals surface area contributed by atoms with Crippen molar-refractivity contribution in [3.63, 3.8) is 0 Å². The molecule has 0 radical (unpaired) electrons. The molecule has 150 valence electrons. The third-order valence-corrected chi connectivity index (χ3v) is 5.50. The molecule has 0 aliphatic carbocycles. The molecular formula is C21H23N5O3. The van der Waals surface area contributed by atoms with Gasteiger partial charge in [-0.1, -0.05) is 17.3 Å². The summed E-state index contributed by atoms with van der Waals surface area (Å²) in [5, 5.41) is 4.11. The lowest BCUT2D eigenvalue weighted by molar-refractivity contribution is -0.0292. The average molecular weight is 393 g/mol. The summed E-state index contributed by atoms with van der Waals surface area (Å²) < 4.78 is 15.1. The van der Waals surface area contributed by atoms with E-state index in [2.05, 4.69) is 15.1 Å². The second-order valence-corrected chi connectivity index (χ2v) is 8.43. The normalized spacial score (nSPS) is 19.0. The van der Waals surface area contributed by atoms with E-state index >= 15 is 0 Å². The summed E-state index contributed by atoms with van der Waals surface area (Å²) in [5.41, 5.74) is 2.29. The quantitative estimate of drug-likeness (QED) is 0.524. The van der Waals surface area contributed by atoms with Crippen LogP contribution in [0.4, 0.5) is 0 Å². The highest BCUT2D eigenvalue weighted by Crippen LogP contribution is 2.38. The molecule has 1 atom stereocenters. The van der Waals surface area contributed by atoms with Gasteiger partial charge in [0.05, 0.1) is 16.6 Å². The molecule has 4 aromatic rings. The van der Waals surface area contributed by atoms with E-state index in [0.717, 1.165) is 23.9 Å². The van der Waals surface area contributed by atoms with Crippen LogP contribution >= 0.6 is 0 Å². The highest BCUT2D eigenvalue weighted by Gasteiger charge is 2.36. The van der Waals surface area contributed by atoms with E-state index in [1.165, 1.54) is 0 Å². The van der Waals surface area contributed by atoms with Gasteiger partial charge in [-0.2, -0.15) is 4.98 Å². The van der Waals surface area contributed by atoms with E-state index < -0.39 is 0 Å². The predicted molar refractivity (Wildman–Crippen MR) is 108 cm³/mol. The SMILES string of the molecule is CC(C)n1c(=O)c2c(-c3noc(C4CCC(C)(C)O4)n3)ncn2c2ccccc21. The van der Waals surface area contributed by atoms with Crippen molar-refractivity contribution in [2.75, 3.05) is 0 Å². The Morgan fingerprint density at radius 3 is 2.66 bits per heavy atom. The molecule has 1 aromatic carbocycles. The summed E-state index contributed by atoms with van der Waals surface area (Å²) in [6.45, 7) is 8.08. The summed E-state index contributed by atoms with van der Waals surface area (Å²) in [4.78, 5) is 22.4. The highest BCUT2D eigenvalue weighted by molar-refractivity contribution is 5.83. The lowest BCUT2D eigenvalue weighted by Gasteiger charge is -2.17. The third kappa shape index (κ3) is 2.78. The zero-order valence-electron chi connectivity index (χ0n) is 16.9. The fraction of sp³-hybridized carbons (Fsp3) is 0.429. The number of hydrogen-bond acceptors (Lipinski definition) is 6. The second-order valence-electron chi connectivity index (χ2n) is 8.43. The standard InChI is InChI=1S/C21H23N5O3/c1-12(2)26-14-8-6-5-7-13(14)25-11-22-16(17(25)20(26)27)18-23-19(29-24-18)15-9-10-21(3,4)28-15/h5-8,11-12,15H,9-10H2,1-4H3. The minimum absolute atomic E-state index is 0.00454. The monoisotopic (exact) mass is 393 g/mol. The van der Waals surface area contributed by atoms with Crippen LogP contribution < -0.4 is 5.56 Å². The summed E-state index contributed by atoms with van der Waals surface area (Å²) in [5.74, 6) is 0.732. The van der Waals surface area contributed by atoms with E-state index in [9.17, 15) is 4.79 Å². The first-order valence-corrected chi connectivity index (χ1v) is 9.88. The van der Waals surface area contributed by atoms with Crippen molar-refractivity contribution in [3.05, 3.63) is 46.8 Å². The van der Waals surface area contributed by atoms with Crippen LogP contribution in [-0.2, 0) is 4.74 Å². The van der Waals surface area contributed by atoms with Gasteiger partial charge in [0, 0.05) is 6.04 Å². The Balaban J connectivity index is 1.69. The Morgan fingerprint density at radius 1 is 1.21 bits per heavy atom. The Hall–Kier alpha value is -3.00. The second kappa shape index (κ2) is 6.25. The molecule has 29 heavy (non-hydrogen) atoms. The zero-order valence-corrected chi connectivity index (χ0v) is 16.9. The number of para-hydroxylation sites is 2. The fourth-order valence-electron chi connectivity index (χ4n) is 4.12. The van der Waals surface area contributed by atoms with E-state index in [0.29, 0.717) is 22.9 Å². The van der Waals surface area contributed by atoms with Crippen molar-refractivity contribution in [2.45, 2.75) is 58.3 Å². The minimum Gasteiger partial charge on any atom is -0.363 e. The molecule has 0 N–H and O–H groups in total. The van der Waals surface area contributed by atoms with Gasteiger partial charge in [-0.15, -0.1) is 0 Å². The summed E-state index contributed by atoms with van der Waals surface area (Å²) >= 11 is 0. The number of hydrogen-bond donors (Lipinski definition) is 0. The molecule has 1 aliphatic rings. The first-order valence-electron chi connectivity index (χ1n) is 9.88. The van der Waals surface area contributed by atoms with Gasteiger partial charge in [0.1, 0.15) is 23.6 Å². The summed E-state index contributed by atoms with van der Waals surface area (Å²) in [6, 6.07) is 7.79. The first kappa shape index (κ1) is 18.1. The van der Waals surface area contributed by atoms with Gasteiger partial charge in [0.15, 0.2) is 0 Å². The highest BCUT2D eigenvalue weighted by atomic mass is 16.5. The number of benzene rings is 1. The van der Waals surface area contributed by atoms with Gasteiger partial charge in [-0.05, 0) is 52.7 Å². The predicted octanol–water partition coefficient (Wildman–Crippen LogP) is 3.91. The molecule has 5 rings (SSSR count). The molecule has 1 saturated heterocycles. The molecule has 0 amide bonds. The van der Waals surface area contributed by atoms with Crippen LogP contribution in [0.15, 0.2) is 39.9 Å². The lowest BCUT2D eigenvalue weighted by Crippen LogP contribution is -2.24. The fourth-order valence-corrected chi connectivity index (χ4v) is 4.12. The van der Waals surface area contributed by atoms with Crippen LogP contribution in [0.3, 0.4) is 0 Å². The van der Waals surface area contributed by atoms with Crippen molar-refractivity contribution in [1.29, 1.82) is 0 Å². The zero-order chi connectivity index (χ0) is 20.3. The van der Waals surface area contributed by atoms with Crippen molar-refractivity contribution in [1.82, 2.24) is 24.1 Å². The van der Waals surface area contributed by atoms with E-state index in [4.69, 9.17) is 9.26 Å². The van der Waals surface area contributed by atoms with Gasteiger partial charge < -0.3 is 13.8 Å². The van der Waals surface area contributed by atoms with Crippen LogP contribution in [0, 0.1) is 0 Å². The Kier molecular flexibility index (Phi) is 3.89. The third-order valence-electron chi connectivity index (χ3n) is 5.50. The van der Waals surface area contributed by atoms with Crippen LogP contribution in [0.5, 0.6) is 0 Å². The van der Waals surface area contributed by atoms with E-state index in [1.54, 1.807) is 15.3 Å². The van der Waals surface area contributed by atoms with Crippen molar-refractivity contribution < 1.29 is 9.26 Å². The molecule has 0 spiro atoms. The van der Waals surface area contributed by atoms with Crippen molar-refractivity contribution in [3.8, 4) is 11.5 Å². The van der Waals surface area contributed by atoms with Gasteiger partial charge >= 0.3 is 0 Å². The average Bonchev–Trinajstić information content (AvgIpc) is 3.38. The van der Waals surface area contributed by atoms with Crippen LogP contribution in [-0.4, -0.2) is 29.7 Å². The Bertz CT molecular complexity index is 1280.